The molecule has 6 nitrogen and oxygen atoms in total. The summed E-state index contributed by atoms with van der Waals surface area (Å²) in [5.41, 5.74) is 10.00. The highest BCUT2D eigenvalue weighted by Crippen LogP contribution is 2.20. The van der Waals surface area contributed by atoms with E-state index in [4.69, 9.17) is 10.8 Å². The fourth-order valence-electron chi connectivity index (χ4n) is 1.92. The van der Waals surface area contributed by atoms with Crippen LogP contribution in [0.25, 0.3) is 0 Å². The lowest BCUT2D eigenvalue weighted by Crippen LogP contribution is -2.47. The Labute approximate surface area is 106 Å². The van der Waals surface area contributed by atoms with Crippen molar-refractivity contribution in [1.82, 2.24) is 9.91 Å². The Balaban J connectivity index is 2.11. The lowest BCUT2D eigenvalue weighted by atomic mass is 10.1. The Kier molecular flexibility index (Phi) is 3.69. The molecule has 0 radical (unpaired) electrons. The molecule has 1 aromatic rings. The maximum Gasteiger partial charge on any atom is 0.337 e. The summed E-state index contributed by atoms with van der Waals surface area (Å²) in [6, 6.07) is 4.88. The zero-order valence-electron chi connectivity index (χ0n) is 10.4. The van der Waals surface area contributed by atoms with Gasteiger partial charge in [0.1, 0.15) is 0 Å². The highest BCUT2D eigenvalue weighted by atomic mass is 16.4. The number of piperazine rings is 1. The second-order valence-corrected chi connectivity index (χ2v) is 4.51. The van der Waals surface area contributed by atoms with Crippen LogP contribution in [0.15, 0.2) is 18.2 Å². The minimum absolute atomic E-state index is 0.203. The normalized spacial score (nSPS) is 17.6. The molecule has 0 aromatic heterocycles. The van der Waals surface area contributed by atoms with Crippen LogP contribution in [0, 0.1) is 0 Å². The first-order valence-electron chi connectivity index (χ1n) is 5.89. The van der Waals surface area contributed by atoms with Gasteiger partial charge >= 0.3 is 5.97 Å². The first-order chi connectivity index (χ1) is 8.56. The maximum atomic E-state index is 11.1. The van der Waals surface area contributed by atoms with Gasteiger partial charge in [-0.2, -0.15) is 0 Å². The first kappa shape index (κ1) is 12.7. The summed E-state index contributed by atoms with van der Waals surface area (Å²) in [6.07, 6.45) is 0. The van der Waals surface area contributed by atoms with Crippen LogP contribution in [0.4, 0.5) is 11.4 Å². The molecule has 0 spiro atoms. The summed E-state index contributed by atoms with van der Waals surface area (Å²) in [4.78, 5) is 13.4. The smallest absolute Gasteiger partial charge is 0.337 e. The molecular formula is C12H18N4O2. The number of anilines is 2. The number of rotatable bonds is 3. The van der Waals surface area contributed by atoms with E-state index in [1.54, 1.807) is 12.1 Å². The molecule has 1 aliphatic heterocycles. The van der Waals surface area contributed by atoms with Crippen molar-refractivity contribution in [2.75, 3.05) is 44.4 Å². The molecule has 0 amide bonds. The zero-order chi connectivity index (χ0) is 13.1. The number of hydrazine groups is 1. The Morgan fingerprint density at radius 3 is 2.61 bits per heavy atom. The maximum absolute atomic E-state index is 11.1. The number of aromatic carboxylic acids is 1. The minimum Gasteiger partial charge on any atom is -0.478 e. The van der Waals surface area contributed by atoms with Gasteiger partial charge in [0.25, 0.3) is 0 Å². The molecule has 4 N–H and O–H groups in total. The molecule has 0 atom stereocenters. The van der Waals surface area contributed by atoms with Crippen molar-refractivity contribution in [2.24, 2.45) is 0 Å². The standard InChI is InChI=1S/C12H18N4O2/c1-15-4-6-16(7-5-15)14-11-3-2-9(13)8-10(11)12(17)18/h2-3,8,14H,4-7,13H2,1H3,(H,17,18). The molecule has 6 heteroatoms. The van der Waals surface area contributed by atoms with Gasteiger partial charge in [0.2, 0.25) is 0 Å². The average Bonchev–Trinajstić information content (AvgIpc) is 2.34. The van der Waals surface area contributed by atoms with E-state index in [-0.39, 0.29) is 5.56 Å². The number of nitrogens with zero attached hydrogens (tertiary/aromatic N) is 2. The number of carbonyl (C=O) groups is 1. The van der Waals surface area contributed by atoms with Crippen LogP contribution in [0.1, 0.15) is 10.4 Å². The van der Waals surface area contributed by atoms with Crippen LogP contribution < -0.4 is 11.2 Å². The van der Waals surface area contributed by atoms with Crippen LogP contribution in [-0.2, 0) is 0 Å². The third kappa shape index (κ3) is 2.91. The molecule has 0 saturated carbocycles. The highest BCUT2D eigenvalue weighted by Gasteiger charge is 2.16. The van der Waals surface area contributed by atoms with Crippen molar-refractivity contribution in [1.29, 1.82) is 0 Å². The molecule has 0 unspecified atom stereocenters. The first-order valence-corrected chi connectivity index (χ1v) is 5.89. The average molecular weight is 250 g/mol. The Morgan fingerprint density at radius 1 is 1.33 bits per heavy atom. The summed E-state index contributed by atoms with van der Waals surface area (Å²) < 4.78 is 0. The number of nitrogen functional groups attached to an aromatic ring is 1. The number of carboxylic acid groups (broad SMARTS) is 1. The van der Waals surface area contributed by atoms with Gasteiger partial charge in [0.15, 0.2) is 0 Å². The lowest BCUT2D eigenvalue weighted by molar-refractivity contribution is 0.0697. The van der Waals surface area contributed by atoms with Gasteiger partial charge < -0.3 is 21.2 Å². The van der Waals surface area contributed by atoms with E-state index in [9.17, 15) is 4.79 Å². The molecule has 1 fully saturated rings. The van der Waals surface area contributed by atoms with Gasteiger partial charge in [-0.25, -0.2) is 9.80 Å². The molecular weight excluding hydrogens is 232 g/mol. The topological polar surface area (TPSA) is 81.8 Å². The predicted octanol–water partition coefficient (Wildman–Crippen LogP) is 0.541. The van der Waals surface area contributed by atoms with Crippen LogP contribution >= 0.6 is 0 Å². The summed E-state index contributed by atoms with van der Waals surface area (Å²) in [5.74, 6) is -0.973. The van der Waals surface area contributed by atoms with Gasteiger partial charge in [0, 0.05) is 31.9 Å². The highest BCUT2D eigenvalue weighted by molar-refractivity contribution is 5.95. The van der Waals surface area contributed by atoms with Crippen molar-refractivity contribution >= 4 is 17.3 Å². The number of nitrogens with one attached hydrogen (secondary N) is 1. The number of likely N-dealkylation sites (N-methyl/N-ethyl adjacent to an activating group) is 1. The molecule has 1 heterocycles. The molecule has 1 aliphatic rings. The van der Waals surface area contributed by atoms with Gasteiger partial charge in [-0.1, -0.05) is 0 Å². The zero-order valence-corrected chi connectivity index (χ0v) is 10.4. The van der Waals surface area contributed by atoms with Crippen molar-refractivity contribution in [3.63, 3.8) is 0 Å². The Morgan fingerprint density at radius 2 is 2.00 bits per heavy atom. The third-order valence-corrected chi connectivity index (χ3v) is 3.06. The van der Waals surface area contributed by atoms with E-state index in [2.05, 4.69) is 17.4 Å². The number of hydrogen-bond donors (Lipinski definition) is 3. The fourth-order valence-corrected chi connectivity index (χ4v) is 1.92. The molecule has 18 heavy (non-hydrogen) atoms. The van der Waals surface area contributed by atoms with Crippen molar-refractivity contribution < 1.29 is 9.90 Å². The number of nitrogens with two attached hydrogens (primary N) is 1. The van der Waals surface area contributed by atoms with Gasteiger partial charge in [-0.3, -0.25) is 0 Å². The summed E-state index contributed by atoms with van der Waals surface area (Å²) in [5, 5.41) is 11.2. The Bertz CT molecular complexity index is 442. The van der Waals surface area contributed by atoms with Gasteiger partial charge in [0.05, 0.1) is 11.3 Å². The minimum atomic E-state index is -0.973. The van der Waals surface area contributed by atoms with E-state index < -0.39 is 5.97 Å². The summed E-state index contributed by atoms with van der Waals surface area (Å²) in [6.45, 7) is 3.65. The number of benzene rings is 1. The molecule has 1 aromatic carbocycles. The predicted molar refractivity (Wildman–Crippen MR) is 70.5 cm³/mol. The van der Waals surface area contributed by atoms with Crippen molar-refractivity contribution in [3.8, 4) is 0 Å². The molecule has 2 rings (SSSR count). The quantitative estimate of drug-likeness (QED) is 0.679. The second-order valence-electron chi connectivity index (χ2n) is 4.51. The molecule has 0 aliphatic carbocycles. The summed E-state index contributed by atoms with van der Waals surface area (Å²) >= 11 is 0. The van der Waals surface area contributed by atoms with Crippen LogP contribution in [0.5, 0.6) is 0 Å². The monoisotopic (exact) mass is 250 g/mol. The number of carboxylic acids is 1. The van der Waals surface area contributed by atoms with Crippen LogP contribution in [0.2, 0.25) is 0 Å². The van der Waals surface area contributed by atoms with Gasteiger partial charge in [-0.05, 0) is 25.2 Å². The molecule has 98 valence electrons. The van der Waals surface area contributed by atoms with E-state index in [0.717, 1.165) is 26.2 Å². The summed E-state index contributed by atoms with van der Waals surface area (Å²) in [7, 11) is 2.07. The van der Waals surface area contributed by atoms with Crippen LogP contribution in [-0.4, -0.2) is 54.2 Å². The van der Waals surface area contributed by atoms with Gasteiger partial charge in [-0.15, -0.1) is 0 Å². The molecule has 0 bridgehead atoms. The van der Waals surface area contributed by atoms with E-state index in [1.165, 1.54) is 6.07 Å². The lowest BCUT2D eigenvalue weighted by Gasteiger charge is -2.33. The third-order valence-electron chi connectivity index (χ3n) is 3.06. The number of hydrogen-bond acceptors (Lipinski definition) is 5. The van der Waals surface area contributed by atoms with Crippen molar-refractivity contribution in [2.45, 2.75) is 0 Å². The fraction of sp³-hybridized carbons (Fsp3) is 0.417. The molecule has 1 saturated heterocycles. The van der Waals surface area contributed by atoms with E-state index in [1.807, 2.05) is 5.01 Å². The van der Waals surface area contributed by atoms with Crippen molar-refractivity contribution in [3.05, 3.63) is 23.8 Å². The largest absolute Gasteiger partial charge is 0.478 e. The van der Waals surface area contributed by atoms with Crippen LogP contribution in [0.3, 0.4) is 0 Å². The van der Waals surface area contributed by atoms with E-state index in [0.29, 0.717) is 11.4 Å². The van der Waals surface area contributed by atoms with E-state index >= 15 is 0 Å². The SMILES string of the molecule is CN1CCN(Nc2ccc(N)cc2C(=O)O)CC1. The Hall–Kier alpha value is -1.79. The second kappa shape index (κ2) is 5.24.